The molecule has 0 aromatic heterocycles. The van der Waals surface area contributed by atoms with Crippen LogP contribution in [0, 0.1) is 29.6 Å². The van der Waals surface area contributed by atoms with E-state index in [0.29, 0.717) is 5.56 Å². The van der Waals surface area contributed by atoms with Crippen molar-refractivity contribution in [3.8, 4) is 18.4 Å². The minimum atomic E-state index is -0.0140. The van der Waals surface area contributed by atoms with E-state index in [9.17, 15) is 0 Å². The van der Waals surface area contributed by atoms with Gasteiger partial charge in [0.15, 0.2) is 0 Å². The SMILES string of the molecule is C#CC(/C=C\C=C/C/C=C\C=c1/c(=C)ccc2cc(C#N)ccc12)/C(C)=C(\C)C=C. The summed E-state index contributed by atoms with van der Waals surface area (Å²) < 4.78 is 0. The Morgan fingerprint density at radius 3 is 2.60 bits per heavy atom. The number of benzene rings is 2. The molecule has 0 heterocycles. The third-order valence-electron chi connectivity index (χ3n) is 5.08. The van der Waals surface area contributed by atoms with Crippen molar-refractivity contribution in [2.75, 3.05) is 0 Å². The lowest BCUT2D eigenvalue weighted by Gasteiger charge is -2.08. The second-order valence-electron chi connectivity index (χ2n) is 7.04. The number of rotatable bonds is 7. The van der Waals surface area contributed by atoms with E-state index >= 15 is 0 Å². The van der Waals surface area contributed by atoms with Gasteiger partial charge in [-0.15, -0.1) is 6.42 Å². The van der Waals surface area contributed by atoms with Crippen LogP contribution in [0.4, 0.5) is 0 Å². The van der Waals surface area contributed by atoms with Crippen molar-refractivity contribution in [1.29, 1.82) is 5.26 Å². The van der Waals surface area contributed by atoms with Gasteiger partial charge in [-0.3, -0.25) is 0 Å². The molecule has 0 spiro atoms. The van der Waals surface area contributed by atoms with E-state index in [-0.39, 0.29) is 5.92 Å². The predicted octanol–water partition coefficient (Wildman–Crippen LogP) is 5.73. The lowest BCUT2D eigenvalue weighted by atomic mass is 9.96. The van der Waals surface area contributed by atoms with E-state index in [0.717, 1.165) is 38.8 Å². The quantitative estimate of drug-likeness (QED) is 0.438. The van der Waals surface area contributed by atoms with Gasteiger partial charge < -0.3 is 0 Å². The van der Waals surface area contributed by atoms with Gasteiger partial charge in [-0.2, -0.15) is 5.26 Å². The van der Waals surface area contributed by atoms with Crippen LogP contribution in [-0.4, -0.2) is 0 Å². The Bertz CT molecular complexity index is 1230. The van der Waals surface area contributed by atoms with Gasteiger partial charge in [-0.05, 0) is 53.6 Å². The van der Waals surface area contributed by atoms with E-state index < -0.39 is 0 Å². The zero-order chi connectivity index (χ0) is 21.9. The molecule has 0 saturated heterocycles. The highest BCUT2D eigenvalue weighted by Crippen LogP contribution is 2.16. The molecule has 0 amide bonds. The van der Waals surface area contributed by atoms with Gasteiger partial charge in [0.2, 0.25) is 0 Å². The molecule has 2 rings (SSSR count). The monoisotopic (exact) mass is 389 g/mol. The summed E-state index contributed by atoms with van der Waals surface area (Å²) in [5, 5.41) is 13.3. The average molecular weight is 390 g/mol. The molecular weight excluding hydrogens is 362 g/mol. The van der Waals surface area contributed by atoms with Crippen LogP contribution < -0.4 is 10.4 Å². The molecule has 2 aromatic carbocycles. The highest BCUT2D eigenvalue weighted by molar-refractivity contribution is 5.85. The number of nitriles is 1. The molecule has 0 N–H and O–H groups in total. The number of hydrogen-bond donors (Lipinski definition) is 0. The Labute approximate surface area is 180 Å². The lowest BCUT2D eigenvalue weighted by molar-refractivity contribution is 0.984. The number of nitrogens with zero attached hydrogens (tertiary/aromatic N) is 1. The van der Waals surface area contributed by atoms with Crippen LogP contribution in [0.1, 0.15) is 25.8 Å². The van der Waals surface area contributed by atoms with E-state index in [1.807, 2.05) is 74.6 Å². The van der Waals surface area contributed by atoms with Crippen LogP contribution in [0.15, 0.2) is 90.6 Å². The van der Waals surface area contributed by atoms with Crippen molar-refractivity contribution in [2.45, 2.75) is 20.3 Å². The summed E-state index contributed by atoms with van der Waals surface area (Å²) in [6, 6.07) is 11.9. The molecule has 1 nitrogen and oxygen atoms in total. The lowest BCUT2D eigenvalue weighted by Crippen LogP contribution is -2.23. The molecule has 0 bridgehead atoms. The molecule has 0 radical (unpaired) electrons. The maximum absolute atomic E-state index is 9.08. The average Bonchev–Trinajstić information content (AvgIpc) is 2.77. The smallest absolute Gasteiger partial charge is 0.0991 e. The normalized spacial score (nSPS) is 14.2. The van der Waals surface area contributed by atoms with Crippen molar-refractivity contribution in [2.24, 2.45) is 5.92 Å². The fraction of sp³-hybridized carbons (Fsp3) is 0.138. The van der Waals surface area contributed by atoms with Crippen molar-refractivity contribution < 1.29 is 0 Å². The fourth-order valence-electron chi connectivity index (χ4n) is 3.05. The number of terminal acetylenes is 1. The largest absolute Gasteiger partial charge is 0.192 e. The molecule has 1 unspecified atom stereocenters. The Morgan fingerprint density at radius 2 is 1.90 bits per heavy atom. The molecule has 30 heavy (non-hydrogen) atoms. The van der Waals surface area contributed by atoms with Crippen LogP contribution in [0.25, 0.3) is 23.4 Å². The summed E-state index contributed by atoms with van der Waals surface area (Å²) in [6.45, 7) is 12.0. The standard InChI is InChI=1S/C29H27N/c1-6-22(3)24(5)26(7-2)14-12-10-8-9-11-13-15-28-23(4)16-18-27-20-25(21-30)17-19-29(27)28/h2,6,8,10-20,26H,1,4,9H2,3,5H3/b10-8-,13-11-,14-12-,24-22+,28-15+. The minimum absolute atomic E-state index is 0.0140. The maximum Gasteiger partial charge on any atom is 0.0991 e. The molecule has 0 saturated carbocycles. The molecule has 0 fully saturated rings. The zero-order valence-corrected chi connectivity index (χ0v) is 17.7. The molecule has 1 heteroatoms. The summed E-state index contributed by atoms with van der Waals surface area (Å²) in [6.07, 6.45) is 22.6. The summed E-state index contributed by atoms with van der Waals surface area (Å²) >= 11 is 0. The van der Waals surface area contributed by atoms with E-state index in [4.69, 9.17) is 11.7 Å². The third kappa shape index (κ3) is 5.84. The third-order valence-corrected chi connectivity index (χ3v) is 5.08. The van der Waals surface area contributed by atoms with Crippen LogP contribution in [-0.2, 0) is 0 Å². The van der Waals surface area contributed by atoms with Gasteiger partial charge in [0.1, 0.15) is 0 Å². The molecule has 1 atom stereocenters. The van der Waals surface area contributed by atoms with Gasteiger partial charge in [0, 0.05) is 0 Å². The summed E-state index contributed by atoms with van der Waals surface area (Å²) in [7, 11) is 0. The Kier molecular flexibility index (Phi) is 8.43. The topological polar surface area (TPSA) is 23.8 Å². The second-order valence-corrected chi connectivity index (χ2v) is 7.04. The molecule has 0 aliphatic carbocycles. The highest BCUT2D eigenvalue weighted by Gasteiger charge is 2.04. The first kappa shape index (κ1) is 22.5. The van der Waals surface area contributed by atoms with Crippen molar-refractivity contribution in [1.82, 2.24) is 0 Å². The molecule has 148 valence electrons. The van der Waals surface area contributed by atoms with Crippen LogP contribution in [0.2, 0.25) is 0 Å². The first-order chi connectivity index (χ1) is 14.5. The van der Waals surface area contributed by atoms with Crippen LogP contribution >= 0.6 is 0 Å². The number of allylic oxidation sites excluding steroid dienone is 9. The zero-order valence-electron chi connectivity index (χ0n) is 17.7. The van der Waals surface area contributed by atoms with Crippen molar-refractivity contribution >= 4 is 23.4 Å². The van der Waals surface area contributed by atoms with Crippen molar-refractivity contribution in [3.05, 3.63) is 107 Å². The minimum Gasteiger partial charge on any atom is -0.192 e. The summed E-state index contributed by atoms with van der Waals surface area (Å²) in [5.41, 5.74) is 2.93. The first-order valence-electron chi connectivity index (χ1n) is 9.89. The van der Waals surface area contributed by atoms with Gasteiger partial charge >= 0.3 is 0 Å². The van der Waals surface area contributed by atoms with Crippen LogP contribution in [0.3, 0.4) is 0 Å². The van der Waals surface area contributed by atoms with E-state index in [2.05, 4.69) is 43.4 Å². The number of hydrogen-bond acceptors (Lipinski definition) is 1. The Balaban J connectivity index is 2.08. The van der Waals surface area contributed by atoms with Crippen molar-refractivity contribution in [3.63, 3.8) is 0 Å². The molecule has 0 aliphatic rings. The van der Waals surface area contributed by atoms with E-state index in [1.165, 1.54) is 0 Å². The van der Waals surface area contributed by atoms with Gasteiger partial charge in [-0.25, -0.2) is 0 Å². The molecular formula is C29H27N. The Morgan fingerprint density at radius 1 is 1.13 bits per heavy atom. The highest BCUT2D eigenvalue weighted by atomic mass is 14.2. The predicted molar refractivity (Wildman–Crippen MR) is 131 cm³/mol. The first-order valence-corrected chi connectivity index (χ1v) is 9.89. The second kappa shape index (κ2) is 11.3. The van der Waals surface area contributed by atoms with Gasteiger partial charge in [0.25, 0.3) is 0 Å². The molecule has 2 aromatic rings. The Hall–Kier alpha value is -3.81. The summed E-state index contributed by atoms with van der Waals surface area (Å²) in [4.78, 5) is 0. The van der Waals surface area contributed by atoms with Gasteiger partial charge in [0.05, 0.1) is 17.6 Å². The fourth-order valence-corrected chi connectivity index (χ4v) is 3.05. The number of fused-ring (bicyclic) bond motifs is 1. The van der Waals surface area contributed by atoms with Crippen LogP contribution in [0.5, 0.6) is 0 Å². The maximum atomic E-state index is 9.08. The van der Waals surface area contributed by atoms with E-state index in [1.54, 1.807) is 0 Å². The van der Waals surface area contributed by atoms with Gasteiger partial charge in [-0.1, -0.05) is 97.0 Å². The summed E-state index contributed by atoms with van der Waals surface area (Å²) in [5.74, 6) is 2.79. The molecule has 0 aliphatic heterocycles.